The molecule has 27 heavy (non-hydrogen) atoms. The van der Waals surface area contributed by atoms with Crippen molar-refractivity contribution >= 4 is 13.6 Å². The Hall–Kier alpha value is -2.19. The van der Waals surface area contributed by atoms with Crippen LogP contribution in [0.3, 0.4) is 0 Å². The van der Waals surface area contributed by atoms with E-state index in [1.54, 1.807) is 0 Å². The quantitative estimate of drug-likeness (QED) is 0.567. The normalized spacial score (nSPS) is 19.9. The zero-order valence-corrected chi connectivity index (χ0v) is 16.1. The number of nitrogens with zero attached hydrogens (tertiary/aromatic N) is 3. The van der Waals surface area contributed by atoms with Crippen molar-refractivity contribution in [2.24, 2.45) is 7.05 Å². The Kier molecular flexibility index (Phi) is 6.63. The summed E-state index contributed by atoms with van der Waals surface area (Å²) in [7, 11) is 3.35. The summed E-state index contributed by atoms with van der Waals surface area (Å²) in [4.78, 5) is 10.4. The number of hydrogen-bond donors (Lipinski definition) is 1. The van der Waals surface area contributed by atoms with Crippen molar-refractivity contribution in [1.29, 1.82) is 0 Å². The number of benzene rings is 1. The zero-order valence-electron chi connectivity index (χ0n) is 16.1. The molecular formula is C19H26BN4O3. The van der Waals surface area contributed by atoms with Crippen LogP contribution in [0.2, 0.25) is 0 Å². The smallest absolute Gasteiger partial charge is 0.290 e. The number of rotatable bonds is 8. The van der Waals surface area contributed by atoms with E-state index in [1.807, 2.05) is 23.7 Å². The molecule has 1 saturated heterocycles. The van der Waals surface area contributed by atoms with Gasteiger partial charge in [0, 0.05) is 13.1 Å². The van der Waals surface area contributed by atoms with Gasteiger partial charge in [-0.25, -0.2) is 0 Å². The molecule has 0 aliphatic carbocycles. The molecule has 3 rings (SSSR count). The summed E-state index contributed by atoms with van der Waals surface area (Å²) < 4.78 is 13.8. The lowest BCUT2D eigenvalue weighted by atomic mass is 9.93. The lowest BCUT2D eigenvalue weighted by molar-refractivity contribution is -0.00619. The average molecular weight is 369 g/mol. The fourth-order valence-electron chi connectivity index (χ4n) is 3.15. The SMILES string of the molecule is CC(C)c1cccc(OCc2nnc([C@@H]3CC[C@@H](N[B]C=O)CO3)n2C)c1. The summed E-state index contributed by atoms with van der Waals surface area (Å²) in [5, 5.41) is 11.6. The number of nitrogens with one attached hydrogen (secondary N) is 1. The summed E-state index contributed by atoms with van der Waals surface area (Å²) >= 11 is 0. The molecule has 1 aromatic heterocycles. The van der Waals surface area contributed by atoms with Gasteiger partial charge in [0.2, 0.25) is 0 Å². The van der Waals surface area contributed by atoms with Gasteiger partial charge in [-0.3, -0.25) is 0 Å². The van der Waals surface area contributed by atoms with Gasteiger partial charge in [-0.05, 0) is 36.5 Å². The van der Waals surface area contributed by atoms with Gasteiger partial charge in [0.15, 0.2) is 11.6 Å². The topological polar surface area (TPSA) is 78.3 Å². The highest BCUT2D eigenvalue weighted by Gasteiger charge is 2.27. The Labute approximate surface area is 160 Å². The third-order valence-electron chi connectivity index (χ3n) is 4.86. The van der Waals surface area contributed by atoms with E-state index in [1.165, 1.54) is 13.0 Å². The van der Waals surface area contributed by atoms with Crippen LogP contribution >= 0.6 is 0 Å². The Bertz CT molecular complexity index is 757. The fraction of sp³-hybridized carbons (Fsp3) is 0.526. The molecule has 0 saturated carbocycles. The van der Waals surface area contributed by atoms with Crippen LogP contribution in [0.1, 0.15) is 55.9 Å². The Morgan fingerprint density at radius 3 is 2.96 bits per heavy atom. The van der Waals surface area contributed by atoms with E-state index in [-0.39, 0.29) is 12.1 Å². The van der Waals surface area contributed by atoms with E-state index in [0.717, 1.165) is 36.4 Å². The molecule has 0 bridgehead atoms. The molecule has 1 aromatic carbocycles. The van der Waals surface area contributed by atoms with E-state index in [4.69, 9.17) is 9.47 Å². The van der Waals surface area contributed by atoms with Crippen LogP contribution < -0.4 is 9.96 Å². The molecule has 1 radical (unpaired) electrons. The minimum atomic E-state index is -0.0881. The van der Waals surface area contributed by atoms with Crippen LogP contribution in [0.4, 0.5) is 0 Å². The highest BCUT2D eigenvalue weighted by Crippen LogP contribution is 2.27. The van der Waals surface area contributed by atoms with E-state index in [2.05, 4.69) is 41.4 Å². The standard InChI is InChI=1S/C19H26BN4O3/c1-13(2)14-5-4-6-16(9-14)26-11-18-22-23-19(24(18)3)17-8-7-15(10-27-17)21-20-12-25/h4-6,9,12-13,15,17,21H,7-8,10-11H2,1-3H3/t15-,17+/m1/s1. The second-order valence-corrected chi connectivity index (χ2v) is 7.11. The zero-order chi connectivity index (χ0) is 19.2. The minimum absolute atomic E-state index is 0.0881. The van der Waals surface area contributed by atoms with E-state index < -0.39 is 0 Å². The first-order valence-electron chi connectivity index (χ1n) is 9.34. The van der Waals surface area contributed by atoms with Crippen LogP contribution in [0.25, 0.3) is 0 Å². The monoisotopic (exact) mass is 369 g/mol. The third kappa shape index (κ3) is 4.96. The molecule has 7 nitrogen and oxygen atoms in total. The van der Waals surface area contributed by atoms with Gasteiger partial charge < -0.3 is 24.1 Å². The van der Waals surface area contributed by atoms with Gasteiger partial charge in [0.25, 0.3) is 7.41 Å². The van der Waals surface area contributed by atoms with Gasteiger partial charge in [-0.2, -0.15) is 0 Å². The lowest BCUT2D eigenvalue weighted by Crippen LogP contribution is -2.40. The van der Waals surface area contributed by atoms with Crippen LogP contribution in [0.15, 0.2) is 24.3 Å². The second kappa shape index (κ2) is 9.15. The molecule has 1 N–H and O–H groups in total. The maximum Gasteiger partial charge on any atom is 0.290 e. The first-order valence-corrected chi connectivity index (χ1v) is 9.34. The van der Waals surface area contributed by atoms with Crippen LogP contribution in [0, 0.1) is 0 Å². The van der Waals surface area contributed by atoms with Crippen LogP contribution in [-0.2, 0) is 23.2 Å². The van der Waals surface area contributed by atoms with Crippen molar-refractivity contribution in [3.8, 4) is 5.75 Å². The Morgan fingerprint density at radius 2 is 2.26 bits per heavy atom. The molecule has 1 fully saturated rings. The molecule has 143 valence electrons. The predicted octanol–water partition coefficient (Wildman–Crippen LogP) is 2.14. The average Bonchev–Trinajstić information content (AvgIpc) is 3.06. The molecule has 0 amide bonds. The maximum atomic E-state index is 10.4. The van der Waals surface area contributed by atoms with Crippen molar-refractivity contribution < 1.29 is 14.3 Å². The summed E-state index contributed by atoms with van der Waals surface area (Å²) in [6, 6.07) is 8.30. The van der Waals surface area contributed by atoms with Crippen molar-refractivity contribution in [3.63, 3.8) is 0 Å². The Balaban J connectivity index is 1.58. The fourth-order valence-corrected chi connectivity index (χ4v) is 3.15. The van der Waals surface area contributed by atoms with Gasteiger partial charge in [-0.1, -0.05) is 26.0 Å². The minimum Gasteiger partial charge on any atom is -0.486 e. The largest absolute Gasteiger partial charge is 0.486 e. The molecule has 8 heteroatoms. The van der Waals surface area contributed by atoms with E-state index in [9.17, 15) is 4.79 Å². The molecule has 2 heterocycles. The second-order valence-electron chi connectivity index (χ2n) is 7.11. The van der Waals surface area contributed by atoms with Crippen molar-refractivity contribution in [3.05, 3.63) is 41.5 Å². The molecule has 0 unspecified atom stereocenters. The van der Waals surface area contributed by atoms with Gasteiger partial charge in [-0.15, -0.1) is 10.2 Å². The van der Waals surface area contributed by atoms with Gasteiger partial charge in [0.1, 0.15) is 18.5 Å². The summed E-state index contributed by atoms with van der Waals surface area (Å²) in [6.45, 7) is 5.22. The first kappa shape index (κ1) is 19.6. The molecule has 1 aliphatic rings. The summed E-state index contributed by atoms with van der Waals surface area (Å²) in [6.07, 6.45) is 2.40. The molecule has 1 aliphatic heterocycles. The number of aromatic nitrogens is 3. The summed E-state index contributed by atoms with van der Waals surface area (Å²) in [5.41, 5.74) is 1.25. The van der Waals surface area contributed by atoms with Gasteiger partial charge in [0.05, 0.1) is 12.8 Å². The molecule has 2 aromatic rings. The lowest BCUT2D eigenvalue weighted by Gasteiger charge is -2.28. The van der Waals surface area contributed by atoms with E-state index >= 15 is 0 Å². The van der Waals surface area contributed by atoms with Crippen molar-refractivity contribution in [2.75, 3.05) is 6.61 Å². The number of hydrogen-bond acceptors (Lipinski definition) is 6. The van der Waals surface area contributed by atoms with Crippen molar-refractivity contribution in [1.82, 2.24) is 20.0 Å². The third-order valence-corrected chi connectivity index (χ3v) is 4.86. The molecule has 0 spiro atoms. The number of carbonyl (C=O) groups is 1. The predicted molar refractivity (Wildman–Crippen MR) is 103 cm³/mol. The summed E-state index contributed by atoms with van der Waals surface area (Å²) in [5.74, 6) is 2.86. The highest BCUT2D eigenvalue weighted by molar-refractivity contribution is 6.64. The molecule has 2 atom stereocenters. The highest BCUT2D eigenvalue weighted by atomic mass is 16.5. The van der Waals surface area contributed by atoms with Gasteiger partial charge >= 0.3 is 0 Å². The van der Waals surface area contributed by atoms with E-state index in [0.29, 0.717) is 19.1 Å². The number of carbonyl (C=O) groups excluding carboxylic acids is 1. The van der Waals surface area contributed by atoms with Crippen LogP contribution in [0.5, 0.6) is 5.75 Å². The number of ether oxygens (including phenoxy) is 2. The molecular weight excluding hydrogens is 343 g/mol. The Morgan fingerprint density at radius 1 is 1.41 bits per heavy atom. The maximum absolute atomic E-state index is 10.4. The first-order chi connectivity index (χ1) is 13.1. The van der Waals surface area contributed by atoms with Crippen molar-refractivity contribution in [2.45, 2.75) is 51.4 Å². The van der Waals surface area contributed by atoms with Crippen LogP contribution in [-0.4, -0.2) is 41.0 Å².